The second kappa shape index (κ2) is 6.66. The van der Waals surface area contributed by atoms with Crippen LogP contribution in [0.15, 0.2) is 47.1 Å². The van der Waals surface area contributed by atoms with Gasteiger partial charge in [0.15, 0.2) is 0 Å². The van der Waals surface area contributed by atoms with E-state index in [1.165, 1.54) is 0 Å². The molecule has 0 aliphatic carbocycles. The Bertz CT molecular complexity index is 619. The van der Waals surface area contributed by atoms with E-state index in [1.807, 2.05) is 37.2 Å². The average Bonchev–Trinajstić information content (AvgIpc) is 2.97. The van der Waals surface area contributed by atoms with Crippen molar-refractivity contribution >= 4 is 11.6 Å². The largest absolute Gasteiger partial charge is 0.469 e. The zero-order valence-corrected chi connectivity index (χ0v) is 13.2. The monoisotopic (exact) mass is 302 g/mol. The second-order valence-electron chi connectivity index (χ2n) is 5.88. The minimum atomic E-state index is -1.06. The van der Waals surface area contributed by atoms with Crippen molar-refractivity contribution in [3.63, 3.8) is 0 Å². The third kappa shape index (κ3) is 4.36. The van der Waals surface area contributed by atoms with Gasteiger partial charge in [-0.2, -0.15) is 0 Å². The lowest BCUT2D eigenvalue weighted by atomic mass is 10.0. The normalized spacial score (nSPS) is 13.5. The summed E-state index contributed by atoms with van der Waals surface area (Å²) >= 11 is 0. The van der Waals surface area contributed by atoms with Gasteiger partial charge >= 0.3 is 0 Å². The molecule has 0 bridgehead atoms. The number of carbonyl (C=O) groups is 1. The van der Waals surface area contributed by atoms with Crippen LogP contribution in [0.2, 0.25) is 0 Å². The van der Waals surface area contributed by atoms with Crippen molar-refractivity contribution in [2.45, 2.75) is 18.9 Å². The Morgan fingerprint density at radius 1 is 1.32 bits per heavy atom. The summed E-state index contributed by atoms with van der Waals surface area (Å²) in [4.78, 5) is 14.1. The maximum absolute atomic E-state index is 12.2. The number of anilines is 1. The van der Waals surface area contributed by atoms with Crippen molar-refractivity contribution in [3.05, 3.63) is 54.0 Å². The minimum Gasteiger partial charge on any atom is -0.469 e. The molecule has 1 atom stereocenters. The first-order valence-electron chi connectivity index (χ1n) is 7.18. The fraction of sp³-hybridized carbons (Fsp3) is 0.353. The van der Waals surface area contributed by atoms with Gasteiger partial charge in [-0.1, -0.05) is 6.07 Å². The number of carbonyl (C=O) groups excluding carboxylic acids is 1. The van der Waals surface area contributed by atoms with Crippen LogP contribution < -0.4 is 10.2 Å². The van der Waals surface area contributed by atoms with Gasteiger partial charge in [-0.05, 0) is 37.3 Å². The van der Waals surface area contributed by atoms with Crippen molar-refractivity contribution in [3.8, 4) is 0 Å². The molecular formula is C17H22N2O3. The first kappa shape index (κ1) is 16.1. The van der Waals surface area contributed by atoms with E-state index in [9.17, 15) is 9.90 Å². The van der Waals surface area contributed by atoms with Crippen molar-refractivity contribution in [2.24, 2.45) is 0 Å². The van der Waals surface area contributed by atoms with Crippen LogP contribution in [0.4, 0.5) is 5.69 Å². The van der Waals surface area contributed by atoms with E-state index in [4.69, 9.17) is 4.42 Å². The summed E-state index contributed by atoms with van der Waals surface area (Å²) in [7, 11) is 3.84. The summed E-state index contributed by atoms with van der Waals surface area (Å²) in [6.45, 7) is 1.82. The van der Waals surface area contributed by atoms with Crippen LogP contribution in [0.5, 0.6) is 0 Å². The average molecular weight is 302 g/mol. The van der Waals surface area contributed by atoms with E-state index in [-0.39, 0.29) is 12.5 Å². The number of nitrogens with one attached hydrogen (secondary N) is 1. The van der Waals surface area contributed by atoms with Crippen molar-refractivity contribution < 1.29 is 14.3 Å². The van der Waals surface area contributed by atoms with Gasteiger partial charge in [-0.15, -0.1) is 0 Å². The molecule has 2 rings (SSSR count). The molecule has 1 aromatic carbocycles. The maximum Gasteiger partial charge on any atom is 0.251 e. The zero-order valence-electron chi connectivity index (χ0n) is 13.2. The van der Waals surface area contributed by atoms with Crippen LogP contribution in [0, 0.1) is 0 Å². The van der Waals surface area contributed by atoms with Crippen LogP contribution in [-0.4, -0.2) is 37.3 Å². The first-order valence-corrected chi connectivity index (χ1v) is 7.18. The first-order chi connectivity index (χ1) is 10.4. The quantitative estimate of drug-likeness (QED) is 0.857. The lowest BCUT2D eigenvalue weighted by Crippen LogP contribution is -2.42. The van der Waals surface area contributed by atoms with Crippen molar-refractivity contribution in [2.75, 3.05) is 25.5 Å². The van der Waals surface area contributed by atoms with E-state index in [0.717, 1.165) is 5.69 Å². The van der Waals surface area contributed by atoms with E-state index in [2.05, 4.69) is 5.32 Å². The molecule has 5 heteroatoms. The van der Waals surface area contributed by atoms with E-state index in [1.54, 1.807) is 31.4 Å². The molecule has 0 saturated carbocycles. The minimum absolute atomic E-state index is 0.152. The predicted molar refractivity (Wildman–Crippen MR) is 86.1 cm³/mol. The molecule has 0 aliphatic heterocycles. The van der Waals surface area contributed by atoms with E-state index < -0.39 is 5.60 Å². The summed E-state index contributed by atoms with van der Waals surface area (Å²) in [5.41, 5.74) is 0.460. The number of hydrogen-bond acceptors (Lipinski definition) is 4. The smallest absolute Gasteiger partial charge is 0.251 e. The molecule has 2 aromatic rings. The molecule has 1 unspecified atom stereocenters. The Kier molecular flexibility index (Phi) is 4.88. The third-order valence-electron chi connectivity index (χ3n) is 3.39. The molecule has 0 saturated heterocycles. The Labute approximate surface area is 130 Å². The predicted octanol–water partition coefficient (Wildman–Crippen LogP) is 2.07. The SMILES string of the molecule is CN(C)c1cccc(C(=O)NCC(C)(O)Cc2ccco2)c1. The molecule has 0 radical (unpaired) electrons. The highest BCUT2D eigenvalue weighted by atomic mass is 16.3. The summed E-state index contributed by atoms with van der Waals surface area (Å²) in [5, 5.41) is 13.1. The molecule has 1 aromatic heterocycles. The molecule has 0 fully saturated rings. The van der Waals surface area contributed by atoms with Crippen LogP contribution >= 0.6 is 0 Å². The Balaban J connectivity index is 1.95. The fourth-order valence-corrected chi connectivity index (χ4v) is 2.15. The summed E-state index contributed by atoms with van der Waals surface area (Å²) in [5.74, 6) is 0.484. The molecule has 1 amide bonds. The summed E-state index contributed by atoms with van der Waals surface area (Å²) in [6, 6.07) is 10.9. The van der Waals surface area contributed by atoms with Gasteiger partial charge in [0.05, 0.1) is 11.9 Å². The number of hydrogen-bond donors (Lipinski definition) is 2. The maximum atomic E-state index is 12.2. The topological polar surface area (TPSA) is 65.7 Å². The highest BCUT2D eigenvalue weighted by molar-refractivity contribution is 5.95. The molecule has 2 N–H and O–H groups in total. The third-order valence-corrected chi connectivity index (χ3v) is 3.39. The summed E-state index contributed by atoms with van der Waals surface area (Å²) in [6.07, 6.45) is 1.91. The number of rotatable bonds is 6. The Morgan fingerprint density at radius 2 is 2.09 bits per heavy atom. The van der Waals surface area contributed by atoms with Gasteiger partial charge in [-0.3, -0.25) is 4.79 Å². The van der Waals surface area contributed by atoms with Crippen molar-refractivity contribution in [1.29, 1.82) is 0 Å². The standard InChI is InChI=1S/C17H22N2O3/c1-17(21,11-15-8-5-9-22-15)12-18-16(20)13-6-4-7-14(10-13)19(2)3/h4-10,21H,11-12H2,1-3H3,(H,18,20). The highest BCUT2D eigenvalue weighted by Crippen LogP contribution is 2.15. The zero-order chi connectivity index (χ0) is 16.2. The van der Waals surface area contributed by atoms with Gasteiger partial charge < -0.3 is 19.7 Å². The van der Waals surface area contributed by atoms with E-state index in [0.29, 0.717) is 17.7 Å². The molecule has 5 nitrogen and oxygen atoms in total. The van der Waals surface area contributed by atoms with Crippen LogP contribution in [0.25, 0.3) is 0 Å². The molecule has 0 spiro atoms. The molecule has 1 heterocycles. The Morgan fingerprint density at radius 3 is 2.73 bits per heavy atom. The molecular weight excluding hydrogens is 280 g/mol. The molecule has 22 heavy (non-hydrogen) atoms. The fourth-order valence-electron chi connectivity index (χ4n) is 2.15. The van der Waals surface area contributed by atoms with E-state index >= 15 is 0 Å². The van der Waals surface area contributed by atoms with Gasteiger partial charge in [0.1, 0.15) is 5.76 Å². The lowest BCUT2D eigenvalue weighted by Gasteiger charge is -2.22. The van der Waals surface area contributed by atoms with Gasteiger partial charge in [0.2, 0.25) is 0 Å². The Hall–Kier alpha value is -2.27. The number of benzene rings is 1. The van der Waals surface area contributed by atoms with Crippen LogP contribution in [-0.2, 0) is 6.42 Å². The molecule has 118 valence electrons. The number of amides is 1. The van der Waals surface area contributed by atoms with Gasteiger partial charge in [0, 0.05) is 38.3 Å². The van der Waals surface area contributed by atoms with Gasteiger partial charge in [-0.25, -0.2) is 0 Å². The second-order valence-corrected chi connectivity index (χ2v) is 5.88. The van der Waals surface area contributed by atoms with Crippen LogP contribution in [0.3, 0.4) is 0 Å². The number of aliphatic hydroxyl groups is 1. The van der Waals surface area contributed by atoms with Gasteiger partial charge in [0.25, 0.3) is 5.91 Å². The number of nitrogens with zero attached hydrogens (tertiary/aromatic N) is 1. The molecule has 0 aliphatic rings. The van der Waals surface area contributed by atoms with Crippen LogP contribution in [0.1, 0.15) is 23.0 Å². The van der Waals surface area contributed by atoms with Crippen molar-refractivity contribution in [1.82, 2.24) is 5.32 Å². The lowest BCUT2D eigenvalue weighted by molar-refractivity contribution is 0.0510. The highest BCUT2D eigenvalue weighted by Gasteiger charge is 2.23. The number of furan rings is 1. The summed E-state index contributed by atoms with van der Waals surface area (Å²) < 4.78 is 5.22.